The molecule has 5 nitrogen and oxygen atoms in total. The second-order valence-corrected chi connectivity index (χ2v) is 4.18. The molecule has 0 saturated heterocycles. The minimum absolute atomic E-state index is 0.0407. The molecule has 0 heterocycles. The summed E-state index contributed by atoms with van der Waals surface area (Å²) in [6.07, 6.45) is 2.02. The van der Waals surface area contributed by atoms with Gasteiger partial charge in [0.1, 0.15) is 0 Å². The van der Waals surface area contributed by atoms with Gasteiger partial charge >= 0.3 is 0 Å². The third-order valence-corrected chi connectivity index (χ3v) is 2.69. The van der Waals surface area contributed by atoms with Gasteiger partial charge in [0.15, 0.2) is 17.3 Å². The van der Waals surface area contributed by atoms with Crippen LogP contribution in [0.25, 0.3) is 0 Å². The van der Waals surface area contributed by atoms with Crippen molar-refractivity contribution in [2.45, 2.75) is 0 Å². The van der Waals surface area contributed by atoms with Gasteiger partial charge in [0.2, 0.25) is 0 Å². The Kier molecular flexibility index (Phi) is 5.48. The first-order valence-electron chi connectivity index (χ1n) is 5.00. The van der Waals surface area contributed by atoms with Crippen LogP contribution >= 0.6 is 11.8 Å². The Bertz CT molecular complexity index is 396. The first-order chi connectivity index (χ1) is 8.22. The normalized spacial score (nSPS) is 11.3. The lowest BCUT2D eigenvalue weighted by molar-refractivity contribution is 0.313. The zero-order valence-corrected chi connectivity index (χ0v) is 10.7. The van der Waals surface area contributed by atoms with Crippen molar-refractivity contribution < 1.29 is 14.7 Å². The van der Waals surface area contributed by atoms with Crippen LogP contribution in [0.1, 0.15) is 5.56 Å². The number of nitrogens with zero attached hydrogens (tertiary/aromatic N) is 1. The van der Waals surface area contributed by atoms with Gasteiger partial charge in [0, 0.05) is 11.3 Å². The summed E-state index contributed by atoms with van der Waals surface area (Å²) in [7, 11) is 1.55. The van der Waals surface area contributed by atoms with Gasteiger partial charge in [-0.3, -0.25) is 0 Å². The van der Waals surface area contributed by atoms with E-state index >= 15 is 0 Å². The minimum Gasteiger partial charge on any atom is -0.493 e. The third kappa shape index (κ3) is 3.74. The first kappa shape index (κ1) is 13.5. The average Bonchev–Trinajstić information content (AvgIpc) is 2.38. The van der Waals surface area contributed by atoms with Crippen LogP contribution in [0.15, 0.2) is 23.4 Å². The Morgan fingerprint density at radius 1 is 1.47 bits per heavy atom. The lowest BCUT2D eigenvalue weighted by atomic mass is 10.2. The zero-order valence-electron chi connectivity index (χ0n) is 9.84. The van der Waals surface area contributed by atoms with E-state index in [4.69, 9.17) is 20.4 Å². The topological polar surface area (TPSA) is 77.1 Å². The Morgan fingerprint density at radius 3 is 2.82 bits per heavy atom. The maximum Gasteiger partial charge on any atom is 0.170 e. The molecule has 0 aliphatic rings. The highest BCUT2D eigenvalue weighted by Gasteiger charge is 2.08. The molecule has 0 saturated carbocycles. The average molecular weight is 256 g/mol. The van der Waals surface area contributed by atoms with Crippen molar-refractivity contribution in [2.24, 2.45) is 10.9 Å². The molecule has 3 N–H and O–H groups in total. The van der Waals surface area contributed by atoms with E-state index in [0.29, 0.717) is 23.7 Å². The molecular formula is C11H16N2O3S. The molecule has 0 aliphatic heterocycles. The van der Waals surface area contributed by atoms with Gasteiger partial charge in [-0.2, -0.15) is 11.8 Å². The van der Waals surface area contributed by atoms with Crippen molar-refractivity contribution in [1.29, 1.82) is 0 Å². The Balaban J connectivity index is 2.85. The van der Waals surface area contributed by atoms with E-state index in [0.717, 1.165) is 5.75 Å². The molecule has 0 fully saturated rings. The molecule has 0 atom stereocenters. The molecule has 6 heteroatoms. The van der Waals surface area contributed by atoms with Crippen LogP contribution < -0.4 is 15.2 Å². The zero-order chi connectivity index (χ0) is 12.7. The van der Waals surface area contributed by atoms with Gasteiger partial charge in [-0.15, -0.1) is 0 Å². The number of benzene rings is 1. The number of amidine groups is 1. The molecule has 17 heavy (non-hydrogen) atoms. The molecule has 0 amide bonds. The predicted molar refractivity (Wildman–Crippen MR) is 69.4 cm³/mol. The van der Waals surface area contributed by atoms with Crippen molar-refractivity contribution in [1.82, 2.24) is 0 Å². The van der Waals surface area contributed by atoms with Crippen LogP contribution in [-0.4, -0.2) is 36.8 Å². The number of hydrogen-bond donors (Lipinski definition) is 2. The van der Waals surface area contributed by atoms with Crippen LogP contribution in [0, 0.1) is 0 Å². The number of thioether (sulfide) groups is 1. The molecule has 1 aromatic rings. The van der Waals surface area contributed by atoms with E-state index in [1.165, 1.54) is 0 Å². The Labute approximate surface area is 105 Å². The second kappa shape index (κ2) is 6.90. The molecule has 1 rings (SSSR count). The fraction of sp³-hybridized carbons (Fsp3) is 0.364. The van der Waals surface area contributed by atoms with Gasteiger partial charge in [-0.05, 0) is 24.5 Å². The van der Waals surface area contributed by atoms with Crippen LogP contribution in [0.2, 0.25) is 0 Å². The van der Waals surface area contributed by atoms with Crippen molar-refractivity contribution in [3.8, 4) is 11.5 Å². The highest BCUT2D eigenvalue weighted by molar-refractivity contribution is 7.98. The van der Waals surface area contributed by atoms with E-state index < -0.39 is 0 Å². The lowest BCUT2D eigenvalue weighted by Crippen LogP contribution is -2.13. The molecule has 1 aromatic carbocycles. The number of hydrogen-bond acceptors (Lipinski definition) is 5. The molecule has 0 bridgehead atoms. The summed E-state index contributed by atoms with van der Waals surface area (Å²) >= 11 is 1.71. The molecule has 0 unspecified atom stereocenters. The van der Waals surface area contributed by atoms with Gasteiger partial charge in [-0.25, -0.2) is 0 Å². The predicted octanol–water partition coefficient (Wildman–Crippen LogP) is 1.53. The van der Waals surface area contributed by atoms with Crippen LogP contribution in [0.5, 0.6) is 11.5 Å². The standard InChI is InChI=1S/C11H16N2O3S/c1-15-10-7-8(11(12)13-14)3-4-9(10)16-5-6-17-2/h3-4,7,14H,5-6H2,1-2H3,(H2,12,13). The number of methoxy groups -OCH3 is 1. The summed E-state index contributed by atoms with van der Waals surface area (Å²) in [5.74, 6) is 2.16. The fourth-order valence-electron chi connectivity index (χ4n) is 1.24. The van der Waals surface area contributed by atoms with Crippen molar-refractivity contribution in [3.05, 3.63) is 23.8 Å². The molecule has 0 spiro atoms. The number of nitrogens with two attached hydrogens (primary N) is 1. The molecular weight excluding hydrogens is 240 g/mol. The van der Waals surface area contributed by atoms with Crippen LogP contribution in [0.3, 0.4) is 0 Å². The van der Waals surface area contributed by atoms with E-state index in [-0.39, 0.29) is 5.84 Å². The van der Waals surface area contributed by atoms with Crippen molar-refractivity contribution >= 4 is 17.6 Å². The molecule has 0 aliphatic carbocycles. The van der Waals surface area contributed by atoms with E-state index in [1.54, 1.807) is 37.1 Å². The summed E-state index contributed by atoms with van der Waals surface area (Å²) < 4.78 is 10.7. The van der Waals surface area contributed by atoms with Gasteiger partial charge in [0.25, 0.3) is 0 Å². The summed E-state index contributed by atoms with van der Waals surface area (Å²) in [4.78, 5) is 0. The maximum absolute atomic E-state index is 8.58. The van der Waals surface area contributed by atoms with E-state index in [1.807, 2.05) is 6.26 Å². The SMILES string of the molecule is COc1cc(/C(N)=N/O)ccc1OCCSC. The maximum atomic E-state index is 8.58. The Hall–Kier alpha value is -1.56. The van der Waals surface area contributed by atoms with Gasteiger partial charge in [0.05, 0.1) is 13.7 Å². The Morgan fingerprint density at radius 2 is 2.24 bits per heavy atom. The van der Waals surface area contributed by atoms with Crippen LogP contribution in [-0.2, 0) is 0 Å². The molecule has 0 aromatic heterocycles. The quantitative estimate of drug-likeness (QED) is 0.265. The van der Waals surface area contributed by atoms with Gasteiger partial charge < -0.3 is 20.4 Å². The summed E-state index contributed by atoms with van der Waals surface area (Å²) in [6, 6.07) is 5.13. The van der Waals surface area contributed by atoms with Crippen LogP contribution in [0.4, 0.5) is 0 Å². The van der Waals surface area contributed by atoms with E-state index in [2.05, 4.69) is 5.16 Å². The van der Waals surface area contributed by atoms with E-state index in [9.17, 15) is 0 Å². The largest absolute Gasteiger partial charge is 0.493 e. The third-order valence-electron chi connectivity index (χ3n) is 2.11. The smallest absolute Gasteiger partial charge is 0.170 e. The lowest BCUT2D eigenvalue weighted by Gasteiger charge is -2.11. The molecule has 0 radical (unpaired) electrons. The first-order valence-corrected chi connectivity index (χ1v) is 6.40. The minimum atomic E-state index is 0.0407. The summed E-state index contributed by atoms with van der Waals surface area (Å²) in [5, 5.41) is 11.5. The number of rotatable bonds is 6. The second-order valence-electron chi connectivity index (χ2n) is 3.19. The fourth-order valence-corrected chi connectivity index (χ4v) is 1.49. The van der Waals surface area contributed by atoms with Crippen molar-refractivity contribution in [2.75, 3.05) is 25.7 Å². The summed E-state index contributed by atoms with van der Waals surface area (Å²) in [6.45, 7) is 0.612. The highest BCUT2D eigenvalue weighted by Crippen LogP contribution is 2.28. The van der Waals surface area contributed by atoms with Crippen molar-refractivity contribution in [3.63, 3.8) is 0 Å². The number of ether oxygens (including phenoxy) is 2. The molecule has 94 valence electrons. The van der Waals surface area contributed by atoms with Gasteiger partial charge in [-0.1, -0.05) is 5.16 Å². The summed E-state index contributed by atoms with van der Waals surface area (Å²) in [5.41, 5.74) is 6.07. The number of oxime groups is 1. The monoisotopic (exact) mass is 256 g/mol. The highest BCUT2D eigenvalue weighted by atomic mass is 32.2.